The Morgan fingerprint density at radius 1 is 1.16 bits per heavy atom. The molecule has 0 unspecified atom stereocenters. The highest BCUT2D eigenvalue weighted by molar-refractivity contribution is 7.12. The van der Waals surface area contributed by atoms with Gasteiger partial charge in [-0.1, -0.05) is 13.0 Å². The molecule has 2 amide bonds. The molecule has 0 atom stereocenters. The van der Waals surface area contributed by atoms with Crippen LogP contribution in [0.3, 0.4) is 0 Å². The van der Waals surface area contributed by atoms with Crippen LogP contribution in [0.4, 0.5) is 0 Å². The van der Waals surface area contributed by atoms with E-state index < -0.39 is 0 Å². The maximum absolute atomic E-state index is 11.6. The summed E-state index contributed by atoms with van der Waals surface area (Å²) in [5.74, 6) is -0.531. The second kappa shape index (κ2) is 8.42. The van der Waals surface area contributed by atoms with Crippen molar-refractivity contribution in [2.45, 2.75) is 26.2 Å². The van der Waals surface area contributed by atoms with E-state index in [0.717, 1.165) is 6.42 Å². The molecule has 0 aliphatic rings. The van der Waals surface area contributed by atoms with Crippen molar-refractivity contribution in [1.29, 1.82) is 0 Å². The molecular formula is C13H18N2O3S. The van der Waals surface area contributed by atoms with Crippen LogP contribution in [-0.2, 0) is 9.59 Å². The van der Waals surface area contributed by atoms with Crippen LogP contribution in [0.15, 0.2) is 17.5 Å². The zero-order valence-corrected chi connectivity index (χ0v) is 11.7. The summed E-state index contributed by atoms with van der Waals surface area (Å²) in [5.41, 5.74) is 0. The molecule has 0 fully saturated rings. The Hall–Kier alpha value is -1.69. The molecule has 0 saturated heterocycles. The Balaban J connectivity index is 2.18. The van der Waals surface area contributed by atoms with Gasteiger partial charge < -0.3 is 10.6 Å². The fourth-order valence-corrected chi connectivity index (χ4v) is 2.08. The van der Waals surface area contributed by atoms with Crippen molar-refractivity contribution in [3.63, 3.8) is 0 Å². The minimum Gasteiger partial charge on any atom is -0.355 e. The van der Waals surface area contributed by atoms with E-state index in [9.17, 15) is 14.4 Å². The zero-order valence-electron chi connectivity index (χ0n) is 10.9. The van der Waals surface area contributed by atoms with Crippen LogP contribution in [0.2, 0.25) is 0 Å². The number of hydrogen-bond donors (Lipinski definition) is 2. The molecule has 0 aliphatic carbocycles. The smallest absolute Gasteiger partial charge is 0.239 e. The summed E-state index contributed by atoms with van der Waals surface area (Å²) in [6, 6.07) is 3.54. The summed E-state index contributed by atoms with van der Waals surface area (Å²) in [7, 11) is 0. The minimum absolute atomic E-state index is 0.0357. The van der Waals surface area contributed by atoms with Gasteiger partial charge in [0.15, 0.2) is 5.78 Å². The number of ketones is 1. The molecule has 0 bridgehead atoms. The first-order valence-corrected chi connectivity index (χ1v) is 7.11. The minimum atomic E-state index is -0.281. The van der Waals surface area contributed by atoms with Crippen molar-refractivity contribution < 1.29 is 14.4 Å². The molecule has 1 heterocycles. The maximum Gasteiger partial charge on any atom is 0.239 e. The first kappa shape index (κ1) is 15.4. The highest BCUT2D eigenvalue weighted by Crippen LogP contribution is 2.11. The normalized spacial score (nSPS) is 9.95. The van der Waals surface area contributed by atoms with Crippen molar-refractivity contribution in [1.82, 2.24) is 10.6 Å². The second-order valence-electron chi connectivity index (χ2n) is 4.03. The summed E-state index contributed by atoms with van der Waals surface area (Å²) in [5, 5.41) is 6.97. The Kier molecular flexibility index (Phi) is 6.81. The van der Waals surface area contributed by atoms with Gasteiger partial charge in [-0.15, -0.1) is 11.3 Å². The summed E-state index contributed by atoms with van der Waals surface area (Å²) < 4.78 is 0. The van der Waals surface area contributed by atoms with Gasteiger partial charge in [-0.25, -0.2) is 0 Å². The van der Waals surface area contributed by atoms with E-state index in [2.05, 4.69) is 10.6 Å². The third kappa shape index (κ3) is 6.15. The monoisotopic (exact) mass is 282 g/mol. The van der Waals surface area contributed by atoms with Crippen molar-refractivity contribution in [2.24, 2.45) is 0 Å². The quantitative estimate of drug-likeness (QED) is 0.707. The molecule has 6 heteroatoms. The number of nitrogens with one attached hydrogen (secondary N) is 2. The number of carbonyl (C=O) groups excluding carboxylic acids is 3. The first-order valence-electron chi connectivity index (χ1n) is 6.23. The predicted octanol–water partition coefficient (Wildman–Crippen LogP) is 1.35. The SMILES string of the molecule is CCCNC(=O)CNC(=O)CCC(=O)c1cccs1. The van der Waals surface area contributed by atoms with Crippen LogP contribution in [0, 0.1) is 0 Å². The average Bonchev–Trinajstić information content (AvgIpc) is 2.94. The van der Waals surface area contributed by atoms with Gasteiger partial charge in [0.1, 0.15) is 0 Å². The Morgan fingerprint density at radius 2 is 1.95 bits per heavy atom. The summed E-state index contributed by atoms with van der Waals surface area (Å²) in [6.07, 6.45) is 1.13. The third-order valence-electron chi connectivity index (χ3n) is 2.39. The zero-order chi connectivity index (χ0) is 14.1. The molecule has 104 valence electrons. The highest BCUT2D eigenvalue weighted by atomic mass is 32.1. The molecule has 1 aromatic heterocycles. The lowest BCUT2D eigenvalue weighted by Crippen LogP contribution is -2.37. The van der Waals surface area contributed by atoms with Crippen molar-refractivity contribution in [3.05, 3.63) is 22.4 Å². The molecule has 0 radical (unpaired) electrons. The van der Waals surface area contributed by atoms with Crippen LogP contribution in [-0.4, -0.2) is 30.7 Å². The fraction of sp³-hybridized carbons (Fsp3) is 0.462. The number of thiophene rings is 1. The molecular weight excluding hydrogens is 264 g/mol. The summed E-state index contributed by atoms with van der Waals surface area (Å²) in [6.45, 7) is 2.52. The molecule has 5 nitrogen and oxygen atoms in total. The highest BCUT2D eigenvalue weighted by Gasteiger charge is 2.10. The molecule has 19 heavy (non-hydrogen) atoms. The van der Waals surface area contributed by atoms with E-state index in [1.54, 1.807) is 12.1 Å². The van der Waals surface area contributed by atoms with Crippen molar-refractivity contribution in [2.75, 3.05) is 13.1 Å². The first-order chi connectivity index (χ1) is 9.13. The van der Waals surface area contributed by atoms with Crippen molar-refractivity contribution >= 4 is 28.9 Å². The number of amides is 2. The van der Waals surface area contributed by atoms with E-state index in [1.807, 2.05) is 12.3 Å². The van der Waals surface area contributed by atoms with Gasteiger partial charge >= 0.3 is 0 Å². The van der Waals surface area contributed by atoms with Crippen LogP contribution >= 0.6 is 11.3 Å². The summed E-state index contributed by atoms with van der Waals surface area (Å²) in [4.78, 5) is 35.0. The standard InChI is InChI=1S/C13H18N2O3S/c1-2-7-14-13(18)9-15-12(17)6-5-10(16)11-4-3-8-19-11/h3-4,8H,2,5-7,9H2,1H3,(H,14,18)(H,15,17). The van der Waals surface area contributed by atoms with Gasteiger partial charge in [0.25, 0.3) is 0 Å². The van der Waals surface area contributed by atoms with E-state index in [-0.39, 0.29) is 37.0 Å². The van der Waals surface area contributed by atoms with Crippen LogP contribution in [0.1, 0.15) is 35.9 Å². The number of Topliss-reactive ketones (excluding diaryl/α,β-unsaturated/α-hetero) is 1. The maximum atomic E-state index is 11.6. The molecule has 0 aliphatic heterocycles. The average molecular weight is 282 g/mol. The van der Waals surface area contributed by atoms with Gasteiger partial charge in [0, 0.05) is 19.4 Å². The summed E-state index contributed by atoms with van der Waals surface area (Å²) >= 11 is 1.36. The molecule has 0 saturated carbocycles. The lowest BCUT2D eigenvalue weighted by Gasteiger charge is -2.05. The molecule has 0 spiro atoms. The number of hydrogen-bond acceptors (Lipinski definition) is 4. The van der Waals surface area contributed by atoms with E-state index >= 15 is 0 Å². The lowest BCUT2D eigenvalue weighted by atomic mass is 10.2. The van der Waals surface area contributed by atoms with Crippen LogP contribution < -0.4 is 10.6 Å². The Labute approximate surface area is 116 Å². The van der Waals surface area contributed by atoms with Gasteiger partial charge in [-0.3, -0.25) is 14.4 Å². The van der Waals surface area contributed by atoms with Gasteiger partial charge in [-0.05, 0) is 17.9 Å². The third-order valence-corrected chi connectivity index (χ3v) is 3.30. The van der Waals surface area contributed by atoms with Crippen LogP contribution in [0.25, 0.3) is 0 Å². The topological polar surface area (TPSA) is 75.3 Å². The molecule has 0 aromatic carbocycles. The van der Waals surface area contributed by atoms with E-state index in [4.69, 9.17) is 0 Å². The Morgan fingerprint density at radius 3 is 2.58 bits per heavy atom. The van der Waals surface area contributed by atoms with Gasteiger partial charge in [0.05, 0.1) is 11.4 Å². The van der Waals surface area contributed by atoms with Gasteiger partial charge in [0.2, 0.25) is 11.8 Å². The number of rotatable bonds is 8. The Bertz CT molecular complexity index is 429. The van der Waals surface area contributed by atoms with Crippen LogP contribution in [0.5, 0.6) is 0 Å². The van der Waals surface area contributed by atoms with E-state index in [1.165, 1.54) is 11.3 Å². The predicted molar refractivity (Wildman–Crippen MR) is 74.2 cm³/mol. The number of carbonyl (C=O) groups is 3. The van der Waals surface area contributed by atoms with Gasteiger partial charge in [-0.2, -0.15) is 0 Å². The van der Waals surface area contributed by atoms with Crippen molar-refractivity contribution in [3.8, 4) is 0 Å². The molecule has 1 aromatic rings. The molecule has 2 N–H and O–H groups in total. The second-order valence-corrected chi connectivity index (χ2v) is 4.97. The largest absolute Gasteiger partial charge is 0.355 e. The van der Waals surface area contributed by atoms with E-state index in [0.29, 0.717) is 11.4 Å². The molecule has 1 rings (SSSR count). The lowest BCUT2D eigenvalue weighted by molar-refractivity contribution is -0.126. The fourth-order valence-electron chi connectivity index (χ4n) is 1.38.